The molecule has 0 heterocycles. The number of rotatable bonds is 6. The fourth-order valence-corrected chi connectivity index (χ4v) is 1.99. The summed E-state index contributed by atoms with van der Waals surface area (Å²) >= 11 is 0.981. The highest BCUT2D eigenvalue weighted by Crippen LogP contribution is 2.22. The van der Waals surface area contributed by atoms with Crippen LogP contribution in [-0.4, -0.2) is 33.8 Å². The van der Waals surface area contributed by atoms with E-state index in [1.54, 1.807) is 24.3 Å². The van der Waals surface area contributed by atoms with Crippen molar-refractivity contribution < 1.29 is 19.7 Å². The molecule has 1 rings (SSSR count). The number of benzene rings is 1. The predicted octanol–water partition coefficient (Wildman–Crippen LogP) is 1.37. The van der Waals surface area contributed by atoms with Gasteiger partial charge in [0.05, 0.1) is 6.10 Å². The van der Waals surface area contributed by atoms with Gasteiger partial charge in [-0.25, -0.2) is 0 Å². The molecule has 1 aromatic rings. The minimum absolute atomic E-state index is 0.0933. The molecule has 102 valence electrons. The van der Waals surface area contributed by atoms with Crippen molar-refractivity contribution in [2.24, 2.45) is 0 Å². The second-order valence-electron chi connectivity index (χ2n) is 3.88. The van der Waals surface area contributed by atoms with Crippen LogP contribution in [0.5, 0.6) is 5.75 Å². The van der Waals surface area contributed by atoms with Crippen LogP contribution in [0.1, 0.15) is 18.6 Å². The Kier molecular flexibility index (Phi) is 6.43. The summed E-state index contributed by atoms with van der Waals surface area (Å²) in [7, 11) is 0. The lowest BCUT2D eigenvalue weighted by Gasteiger charge is -2.17. The minimum Gasteiger partial charge on any atom is -0.481 e. The van der Waals surface area contributed by atoms with Crippen molar-refractivity contribution in [3.05, 3.63) is 29.8 Å². The first kappa shape index (κ1) is 15.6. The van der Waals surface area contributed by atoms with Crippen molar-refractivity contribution in [2.75, 3.05) is 12.4 Å². The molecule has 0 aliphatic rings. The third-order valence-electron chi connectivity index (χ3n) is 2.37. The lowest BCUT2D eigenvalue weighted by molar-refractivity contribution is -0.109. The molecule has 2 N–H and O–H groups in total. The van der Waals surface area contributed by atoms with Gasteiger partial charge in [-0.2, -0.15) is 0 Å². The number of carbonyl (C=O) groups excluding carboxylic acids is 1. The zero-order valence-corrected chi connectivity index (χ0v) is 11.4. The van der Waals surface area contributed by atoms with Crippen LogP contribution in [0.15, 0.2) is 24.3 Å². The Morgan fingerprint density at radius 3 is 2.58 bits per heavy atom. The molecule has 2 atom stereocenters. The summed E-state index contributed by atoms with van der Waals surface area (Å²) in [5.74, 6) is 3.11. The number of hydrogen-bond acceptors (Lipinski definition) is 5. The normalized spacial score (nSPS) is 13.4. The van der Waals surface area contributed by atoms with Crippen LogP contribution < -0.4 is 4.74 Å². The molecule has 1 aromatic carbocycles. The number of terminal acetylenes is 1. The third kappa shape index (κ3) is 5.35. The topological polar surface area (TPSA) is 66.8 Å². The molecule has 2 unspecified atom stereocenters. The van der Waals surface area contributed by atoms with Crippen molar-refractivity contribution in [2.45, 2.75) is 19.1 Å². The van der Waals surface area contributed by atoms with Crippen molar-refractivity contribution in [3.8, 4) is 18.1 Å². The Hall–Kier alpha value is -1.48. The monoisotopic (exact) mass is 280 g/mol. The van der Waals surface area contributed by atoms with E-state index in [0.717, 1.165) is 11.8 Å². The standard InChI is InChI=1S/C14H16O4S/c1-3-8-18-12-6-4-11(5-7-12)14(17)13(16)9-19-10(2)15/h1,4-7,13-14,16-17H,8-9H2,2H3. The molecule has 0 saturated carbocycles. The Morgan fingerprint density at radius 1 is 1.42 bits per heavy atom. The maximum Gasteiger partial charge on any atom is 0.185 e. The summed E-state index contributed by atoms with van der Waals surface area (Å²) in [5, 5.41) is 19.6. The van der Waals surface area contributed by atoms with Gasteiger partial charge in [-0.1, -0.05) is 29.8 Å². The van der Waals surface area contributed by atoms with Gasteiger partial charge in [-0.05, 0) is 17.7 Å². The van der Waals surface area contributed by atoms with Crippen LogP contribution in [0.25, 0.3) is 0 Å². The zero-order chi connectivity index (χ0) is 14.3. The zero-order valence-electron chi connectivity index (χ0n) is 10.6. The van der Waals surface area contributed by atoms with Crippen LogP contribution in [0, 0.1) is 12.3 Å². The average molecular weight is 280 g/mol. The maximum atomic E-state index is 10.8. The molecule has 0 aromatic heterocycles. The lowest BCUT2D eigenvalue weighted by Crippen LogP contribution is -2.21. The summed E-state index contributed by atoms with van der Waals surface area (Å²) in [6.07, 6.45) is 3.05. The first-order chi connectivity index (χ1) is 9.04. The molecule has 19 heavy (non-hydrogen) atoms. The Bertz CT molecular complexity index is 450. The van der Waals surface area contributed by atoms with E-state index in [9.17, 15) is 15.0 Å². The first-order valence-corrected chi connectivity index (χ1v) is 6.69. The van der Waals surface area contributed by atoms with E-state index in [4.69, 9.17) is 11.2 Å². The van der Waals surface area contributed by atoms with Gasteiger partial charge in [-0.15, -0.1) is 6.42 Å². The Balaban J connectivity index is 2.59. The fourth-order valence-electron chi connectivity index (χ4n) is 1.40. The summed E-state index contributed by atoms with van der Waals surface area (Å²) < 4.78 is 5.20. The fraction of sp³-hybridized carbons (Fsp3) is 0.357. The van der Waals surface area contributed by atoms with Crippen LogP contribution in [0.4, 0.5) is 0 Å². The molecule has 0 aliphatic heterocycles. The van der Waals surface area contributed by atoms with Crippen molar-refractivity contribution >= 4 is 16.9 Å². The lowest BCUT2D eigenvalue weighted by atomic mass is 10.1. The summed E-state index contributed by atoms with van der Waals surface area (Å²) in [4.78, 5) is 10.8. The van der Waals surface area contributed by atoms with Gasteiger partial charge in [0.1, 0.15) is 18.5 Å². The predicted molar refractivity (Wildman–Crippen MR) is 74.9 cm³/mol. The van der Waals surface area contributed by atoms with E-state index in [2.05, 4.69) is 5.92 Å². The molecule has 0 saturated heterocycles. The summed E-state index contributed by atoms with van der Waals surface area (Å²) in [6.45, 7) is 1.60. The molecule has 0 bridgehead atoms. The van der Waals surface area contributed by atoms with Crippen LogP contribution in [0.2, 0.25) is 0 Å². The van der Waals surface area contributed by atoms with Gasteiger partial charge in [0.25, 0.3) is 0 Å². The largest absolute Gasteiger partial charge is 0.481 e. The molecule has 5 heteroatoms. The van der Waals surface area contributed by atoms with E-state index >= 15 is 0 Å². The number of carbonyl (C=O) groups is 1. The molecule has 0 aliphatic carbocycles. The molecular formula is C14H16O4S. The average Bonchev–Trinajstić information content (AvgIpc) is 2.42. The van der Waals surface area contributed by atoms with Crippen LogP contribution >= 0.6 is 11.8 Å². The highest BCUT2D eigenvalue weighted by Gasteiger charge is 2.19. The number of aliphatic hydroxyl groups is 2. The number of aliphatic hydroxyl groups excluding tert-OH is 2. The van der Waals surface area contributed by atoms with Crippen LogP contribution in [-0.2, 0) is 4.79 Å². The van der Waals surface area contributed by atoms with E-state index in [0.29, 0.717) is 11.3 Å². The second-order valence-corrected chi connectivity index (χ2v) is 5.07. The molecular weight excluding hydrogens is 264 g/mol. The SMILES string of the molecule is C#CCOc1ccc(C(O)C(O)CSC(C)=O)cc1. The van der Waals surface area contributed by atoms with Crippen LogP contribution in [0.3, 0.4) is 0 Å². The van der Waals surface area contributed by atoms with Crippen molar-refractivity contribution in [3.63, 3.8) is 0 Å². The molecule has 0 spiro atoms. The van der Waals surface area contributed by atoms with Crippen molar-refractivity contribution in [1.82, 2.24) is 0 Å². The van der Waals surface area contributed by atoms with Gasteiger partial charge in [0.15, 0.2) is 5.12 Å². The highest BCUT2D eigenvalue weighted by atomic mass is 32.2. The first-order valence-electron chi connectivity index (χ1n) is 5.70. The summed E-state index contributed by atoms with van der Waals surface area (Å²) in [5.41, 5.74) is 0.560. The van der Waals surface area contributed by atoms with E-state index < -0.39 is 12.2 Å². The molecule has 0 radical (unpaired) electrons. The Labute approximate surface area is 116 Å². The number of ether oxygens (including phenoxy) is 1. The summed E-state index contributed by atoms with van der Waals surface area (Å²) in [6, 6.07) is 6.64. The smallest absolute Gasteiger partial charge is 0.185 e. The highest BCUT2D eigenvalue weighted by molar-refractivity contribution is 8.13. The second kappa shape index (κ2) is 7.85. The number of hydrogen-bond donors (Lipinski definition) is 2. The third-order valence-corrected chi connectivity index (χ3v) is 3.28. The van der Waals surface area contributed by atoms with Gasteiger partial charge >= 0.3 is 0 Å². The van der Waals surface area contributed by atoms with E-state index in [1.807, 2.05) is 0 Å². The molecule has 0 amide bonds. The van der Waals surface area contributed by atoms with E-state index in [-0.39, 0.29) is 17.5 Å². The van der Waals surface area contributed by atoms with Gasteiger partial charge in [-0.3, -0.25) is 4.79 Å². The quantitative estimate of drug-likeness (QED) is 0.770. The Morgan fingerprint density at radius 2 is 2.05 bits per heavy atom. The minimum atomic E-state index is -1.03. The molecule has 4 nitrogen and oxygen atoms in total. The van der Waals surface area contributed by atoms with Crippen molar-refractivity contribution in [1.29, 1.82) is 0 Å². The van der Waals surface area contributed by atoms with E-state index in [1.165, 1.54) is 6.92 Å². The van der Waals surface area contributed by atoms with Gasteiger partial charge < -0.3 is 14.9 Å². The van der Waals surface area contributed by atoms with Gasteiger partial charge in [0, 0.05) is 12.7 Å². The number of thioether (sulfide) groups is 1. The molecule has 0 fully saturated rings. The van der Waals surface area contributed by atoms with Gasteiger partial charge in [0.2, 0.25) is 0 Å². The maximum absolute atomic E-state index is 10.8.